The first-order chi connectivity index (χ1) is 10.5. The number of hydrogen-bond acceptors (Lipinski definition) is 4. The Bertz CT molecular complexity index is 504. The molecule has 3 N–H and O–H groups in total. The Morgan fingerprint density at radius 3 is 2.50 bits per heavy atom. The summed E-state index contributed by atoms with van der Waals surface area (Å²) in [5.74, 6) is -0.129. The van der Waals surface area contributed by atoms with E-state index in [0.717, 1.165) is 25.1 Å². The van der Waals surface area contributed by atoms with E-state index in [4.69, 9.17) is 10.4 Å². The van der Waals surface area contributed by atoms with Crippen LogP contribution in [0.1, 0.15) is 43.5 Å². The highest BCUT2D eigenvalue weighted by atomic mass is 16.3. The highest BCUT2D eigenvalue weighted by Gasteiger charge is 2.15. The molecule has 120 valence electrons. The first kappa shape index (κ1) is 18.0. The van der Waals surface area contributed by atoms with Crippen molar-refractivity contribution in [2.24, 2.45) is 5.41 Å². The number of aliphatic hydroxyl groups excluding tert-OH is 1. The number of carbonyl (C=O) groups excluding carboxylic acids is 1. The van der Waals surface area contributed by atoms with Crippen molar-refractivity contribution in [1.82, 2.24) is 5.32 Å². The van der Waals surface area contributed by atoms with E-state index in [1.54, 1.807) is 12.1 Å². The van der Waals surface area contributed by atoms with Gasteiger partial charge in [0.05, 0.1) is 11.5 Å². The molecule has 0 saturated carbocycles. The predicted octanol–water partition coefficient (Wildman–Crippen LogP) is 2.54. The Balaban J connectivity index is 2.36. The van der Waals surface area contributed by atoms with Gasteiger partial charge in [-0.2, -0.15) is 5.26 Å². The van der Waals surface area contributed by atoms with Crippen LogP contribution in [0.3, 0.4) is 0 Å². The van der Waals surface area contributed by atoms with E-state index in [9.17, 15) is 4.79 Å². The molecule has 1 aromatic carbocycles. The molecule has 0 aliphatic heterocycles. The number of amides is 1. The fourth-order valence-electron chi connectivity index (χ4n) is 1.94. The van der Waals surface area contributed by atoms with Gasteiger partial charge in [0, 0.05) is 30.9 Å². The van der Waals surface area contributed by atoms with E-state index in [0.29, 0.717) is 18.5 Å². The lowest BCUT2D eigenvalue weighted by Crippen LogP contribution is -2.24. The highest BCUT2D eigenvalue weighted by Crippen LogP contribution is 2.20. The van der Waals surface area contributed by atoms with Crippen molar-refractivity contribution >= 4 is 11.6 Å². The molecule has 1 aromatic rings. The average molecular weight is 303 g/mol. The maximum absolute atomic E-state index is 11.8. The SMILES string of the molecule is CC(C)(C#N)CCCNc1ccc(C(=O)NCCCO)cc1. The number of aliphatic hydroxyl groups is 1. The third kappa shape index (κ3) is 6.59. The van der Waals surface area contributed by atoms with Crippen molar-refractivity contribution in [2.75, 3.05) is 25.0 Å². The van der Waals surface area contributed by atoms with Crippen molar-refractivity contribution in [1.29, 1.82) is 5.26 Å². The fourth-order valence-corrected chi connectivity index (χ4v) is 1.94. The minimum atomic E-state index is -0.280. The van der Waals surface area contributed by atoms with Crippen LogP contribution in [0.15, 0.2) is 24.3 Å². The lowest BCUT2D eigenvalue weighted by molar-refractivity contribution is 0.0951. The second kappa shape index (κ2) is 9.06. The standard InChI is InChI=1S/C17H25N3O2/c1-17(2,13-18)9-3-10-19-15-7-5-14(6-8-15)16(22)20-11-4-12-21/h5-8,19,21H,3-4,9-12H2,1-2H3,(H,20,22). The van der Waals surface area contributed by atoms with E-state index in [1.165, 1.54) is 0 Å². The van der Waals surface area contributed by atoms with Crippen LogP contribution in [0.5, 0.6) is 0 Å². The molecule has 1 amide bonds. The molecule has 0 fully saturated rings. The van der Waals surface area contributed by atoms with Crippen molar-refractivity contribution in [3.63, 3.8) is 0 Å². The van der Waals surface area contributed by atoms with Gasteiger partial charge in [0.15, 0.2) is 0 Å². The van der Waals surface area contributed by atoms with Gasteiger partial charge < -0.3 is 15.7 Å². The number of benzene rings is 1. The topological polar surface area (TPSA) is 85.2 Å². The molecule has 1 rings (SSSR count). The van der Waals surface area contributed by atoms with Gasteiger partial charge in [-0.3, -0.25) is 4.79 Å². The van der Waals surface area contributed by atoms with Crippen LogP contribution in [-0.4, -0.2) is 30.7 Å². The molecule has 0 bridgehead atoms. The van der Waals surface area contributed by atoms with Crippen LogP contribution in [0, 0.1) is 16.7 Å². The van der Waals surface area contributed by atoms with Gasteiger partial charge in [-0.25, -0.2) is 0 Å². The number of rotatable bonds is 9. The van der Waals surface area contributed by atoms with Crippen LogP contribution in [0.2, 0.25) is 0 Å². The van der Waals surface area contributed by atoms with Gasteiger partial charge in [-0.15, -0.1) is 0 Å². The van der Waals surface area contributed by atoms with Crippen LogP contribution >= 0.6 is 0 Å². The lowest BCUT2D eigenvalue weighted by Gasteiger charge is -2.15. The maximum Gasteiger partial charge on any atom is 0.251 e. The summed E-state index contributed by atoms with van der Waals surface area (Å²) in [5.41, 5.74) is 1.29. The molecule has 0 aromatic heterocycles. The van der Waals surface area contributed by atoms with Gasteiger partial charge in [-0.1, -0.05) is 0 Å². The van der Waals surface area contributed by atoms with Crippen molar-refractivity contribution < 1.29 is 9.90 Å². The normalized spacial score (nSPS) is 10.8. The van der Waals surface area contributed by atoms with Crippen molar-refractivity contribution in [3.8, 4) is 6.07 Å². The summed E-state index contributed by atoms with van der Waals surface area (Å²) in [4.78, 5) is 11.8. The molecule has 0 spiro atoms. The van der Waals surface area contributed by atoms with Gasteiger partial charge in [-0.05, 0) is 57.4 Å². The van der Waals surface area contributed by atoms with E-state index in [-0.39, 0.29) is 17.9 Å². The second-order valence-electron chi connectivity index (χ2n) is 5.94. The summed E-state index contributed by atoms with van der Waals surface area (Å²) in [6.07, 6.45) is 2.33. The minimum absolute atomic E-state index is 0.0751. The molecule has 0 unspecified atom stereocenters. The van der Waals surface area contributed by atoms with Gasteiger partial charge in [0.25, 0.3) is 5.91 Å². The van der Waals surface area contributed by atoms with Crippen LogP contribution in [0.4, 0.5) is 5.69 Å². The number of nitriles is 1. The average Bonchev–Trinajstić information content (AvgIpc) is 2.52. The Labute approximate surface area is 132 Å². The Morgan fingerprint density at radius 2 is 1.91 bits per heavy atom. The second-order valence-corrected chi connectivity index (χ2v) is 5.94. The first-order valence-electron chi connectivity index (χ1n) is 7.63. The Morgan fingerprint density at radius 1 is 1.23 bits per heavy atom. The summed E-state index contributed by atoms with van der Waals surface area (Å²) >= 11 is 0. The minimum Gasteiger partial charge on any atom is -0.396 e. The first-order valence-corrected chi connectivity index (χ1v) is 7.63. The molecule has 0 aliphatic carbocycles. The molecule has 5 heteroatoms. The third-order valence-corrected chi connectivity index (χ3v) is 3.38. The van der Waals surface area contributed by atoms with Crippen LogP contribution in [0.25, 0.3) is 0 Å². The molecule has 0 radical (unpaired) electrons. The van der Waals surface area contributed by atoms with Crippen molar-refractivity contribution in [3.05, 3.63) is 29.8 Å². The number of hydrogen-bond donors (Lipinski definition) is 3. The monoisotopic (exact) mass is 303 g/mol. The molecule has 0 atom stereocenters. The van der Waals surface area contributed by atoms with E-state index < -0.39 is 0 Å². The largest absolute Gasteiger partial charge is 0.396 e. The summed E-state index contributed by atoms with van der Waals surface area (Å²) in [5, 5.41) is 23.7. The van der Waals surface area contributed by atoms with Gasteiger partial charge in [0.1, 0.15) is 0 Å². The summed E-state index contributed by atoms with van der Waals surface area (Å²) < 4.78 is 0. The van der Waals surface area contributed by atoms with E-state index in [1.807, 2.05) is 26.0 Å². The van der Waals surface area contributed by atoms with E-state index in [2.05, 4.69) is 16.7 Å². The maximum atomic E-state index is 11.8. The molecule has 0 aliphatic rings. The zero-order chi connectivity index (χ0) is 16.4. The summed E-state index contributed by atoms with van der Waals surface area (Å²) in [6, 6.07) is 9.58. The fraction of sp³-hybridized carbons (Fsp3) is 0.529. The molecule has 5 nitrogen and oxygen atoms in total. The third-order valence-electron chi connectivity index (χ3n) is 3.38. The lowest BCUT2D eigenvalue weighted by atomic mass is 9.90. The molecule has 0 saturated heterocycles. The smallest absolute Gasteiger partial charge is 0.251 e. The molecular weight excluding hydrogens is 278 g/mol. The summed E-state index contributed by atoms with van der Waals surface area (Å²) in [7, 11) is 0. The molecule has 0 heterocycles. The Kier molecular flexibility index (Phi) is 7.41. The molecular formula is C17H25N3O2. The zero-order valence-corrected chi connectivity index (χ0v) is 13.4. The van der Waals surface area contributed by atoms with Crippen molar-refractivity contribution in [2.45, 2.75) is 33.1 Å². The molecule has 22 heavy (non-hydrogen) atoms. The van der Waals surface area contributed by atoms with Gasteiger partial charge >= 0.3 is 0 Å². The quantitative estimate of drug-likeness (QED) is 0.612. The number of carbonyl (C=O) groups is 1. The number of nitrogens with zero attached hydrogens (tertiary/aromatic N) is 1. The number of nitrogens with one attached hydrogen (secondary N) is 2. The van der Waals surface area contributed by atoms with Crippen LogP contribution < -0.4 is 10.6 Å². The number of anilines is 1. The van der Waals surface area contributed by atoms with Gasteiger partial charge in [0.2, 0.25) is 0 Å². The van der Waals surface area contributed by atoms with E-state index >= 15 is 0 Å². The summed E-state index contributed by atoms with van der Waals surface area (Å²) in [6.45, 7) is 5.23. The van der Waals surface area contributed by atoms with Crippen LogP contribution in [-0.2, 0) is 0 Å². The predicted molar refractivity (Wildman–Crippen MR) is 87.6 cm³/mol. The Hall–Kier alpha value is -2.06. The zero-order valence-electron chi connectivity index (χ0n) is 13.4. The highest BCUT2D eigenvalue weighted by molar-refractivity contribution is 5.94.